The van der Waals surface area contributed by atoms with Gasteiger partial charge in [-0.3, -0.25) is 0 Å². The SMILES string of the molecule is O=S(=O)(CC1CCCCC1)C1CCNC1. The molecule has 0 radical (unpaired) electrons. The second-order valence-electron chi connectivity index (χ2n) is 4.95. The topological polar surface area (TPSA) is 46.2 Å². The molecule has 1 saturated heterocycles. The van der Waals surface area contributed by atoms with Crippen LogP contribution in [-0.4, -0.2) is 32.5 Å². The van der Waals surface area contributed by atoms with Gasteiger partial charge in [-0.2, -0.15) is 0 Å². The molecule has 1 N–H and O–H groups in total. The fourth-order valence-corrected chi connectivity index (χ4v) is 4.86. The predicted molar refractivity (Wildman–Crippen MR) is 61.6 cm³/mol. The van der Waals surface area contributed by atoms with Crippen LogP contribution in [0.2, 0.25) is 0 Å². The van der Waals surface area contributed by atoms with Gasteiger partial charge in [-0.1, -0.05) is 19.3 Å². The second kappa shape index (κ2) is 4.83. The lowest BCUT2D eigenvalue weighted by Crippen LogP contribution is -2.30. The first-order chi connectivity index (χ1) is 7.18. The van der Waals surface area contributed by atoms with Crippen LogP contribution >= 0.6 is 0 Å². The normalized spacial score (nSPS) is 29.5. The maximum Gasteiger partial charge on any atom is 0.154 e. The van der Waals surface area contributed by atoms with Crippen molar-refractivity contribution >= 4 is 9.84 Å². The molecule has 0 bridgehead atoms. The van der Waals surface area contributed by atoms with Crippen molar-refractivity contribution in [2.75, 3.05) is 18.8 Å². The van der Waals surface area contributed by atoms with E-state index in [1.165, 1.54) is 19.3 Å². The van der Waals surface area contributed by atoms with E-state index in [1.54, 1.807) is 0 Å². The monoisotopic (exact) mass is 231 g/mol. The Morgan fingerprint density at radius 2 is 1.80 bits per heavy atom. The Balaban J connectivity index is 1.90. The standard InChI is InChI=1S/C11H21NO2S/c13-15(14,11-6-7-12-8-11)9-10-4-2-1-3-5-10/h10-12H,1-9H2. The lowest BCUT2D eigenvalue weighted by atomic mass is 9.91. The molecule has 1 aliphatic carbocycles. The van der Waals surface area contributed by atoms with Crippen molar-refractivity contribution in [2.24, 2.45) is 5.92 Å². The van der Waals surface area contributed by atoms with E-state index in [-0.39, 0.29) is 5.25 Å². The van der Waals surface area contributed by atoms with E-state index >= 15 is 0 Å². The van der Waals surface area contributed by atoms with Gasteiger partial charge in [-0.15, -0.1) is 0 Å². The summed E-state index contributed by atoms with van der Waals surface area (Å²) in [5.74, 6) is 0.892. The van der Waals surface area contributed by atoms with Gasteiger partial charge in [0.2, 0.25) is 0 Å². The first-order valence-electron chi connectivity index (χ1n) is 6.11. The smallest absolute Gasteiger partial charge is 0.154 e. The lowest BCUT2D eigenvalue weighted by Gasteiger charge is -2.22. The molecule has 1 saturated carbocycles. The third-order valence-corrected chi connectivity index (χ3v) is 6.07. The Bertz CT molecular complexity index is 288. The molecular formula is C11H21NO2S. The highest BCUT2D eigenvalue weighted by atomic mass is 32.2. The van der Waals surface area contributed by atoms with Crippen LogP contribution in [0.1, 0.15) is 38.5 Å². The van der Waals surface area contributed by atoms with Crippen LogP contribution < -0.4 is 5.32 Å². The van der Waals surface area contributed by atoms with E-state index in [2.05, 4.69) is 5.32 Å². The molecule has 0 aromatic heterocycles. The molecule has 4 heteroatoms. The van der Waals surface area contributed by atoms with Crippen molar-refractivity contribution < 1.29 is 8.42 Å². The molecule has 2 fully saturated rings. The number of hydrogen-bond donors (Lipinski definition) is 1. The summed E-state index contributed by atoms with van der Waals surface area (Å²) in [4.78, 5) is 0. The van der Waals surface area contributed by atoms with Gasteiger partial charge < -0.3 is 5.32 Å². The van der Waals surface area contributed by atoms with Gasteiger partial charge in [0.1, 0.15) is 0 Å². The molecule has 0 aromatic carbocycles. The quantitative estimate of drug-likeness (QED) is 0.797. The molecule has 1 heterocycles. The van der Waals surface area contributed by atoms with Crippen molar-refractivity contribution in [1.29, 1.82) is 0 Å². The maximum absolute atomic E-state index is 12.1. The molecule has 1 unspecified atom stereocenters. The number of hydrogen-bond acceptors (Lipinski definition) is 3. The van der Waals surface area contributed by atoms with Crippen molar-refractivity contribution in [3.8, 4) is 0 Å². The van der Waals surface area contributed by atoms with Crippen LogP contribution in [0.4, 0.5) is 0 Å². The van der Waals surface area contributed by atoms with Gasteiger partial charge in [-0.05, 0) is 31.7 Å². The number of sulfone groups is 1. The third kappa shape index (κ3) is 2.94. The maximum atomic E-state index is 12.1. The predicted octanol–water partition coefficient (Wildman–Crippen LogP) is 1.34. The number of nitrogens with one attached hydrogen (secondary N) is 1. The molecule has 3 nitrogen and oxygen atoms in total. The van der Waals surface area contributed by atoms with Crippen LogP contribution in [-0.2, 0) is 9.84 Å². The minimum Gasteiger partial charge on any atom is -0.315 e. The van der Waals surface area contributed by atoms with Crippen molar-refractivity contribution in [3.63, 3.8) is 0 Å². The fourth-order valence-electron chi connectivity index (χ4n) is 2.75. The van der Waals surface area contributed by atoms with Gasteiger partial charge in [0.15, 0.2) is 9.84 Å². The molecule has 2 rings (SSSR count). The summed E-state index contributed by atoms with van der Waals surface area (Å²) < 4.78 is 24.1. The molecule has 1 aliphatic heterocycles. The average Bonchev–Trinajstić information content (AvgIpc) is 2.71. The van der Waals surface area contributed by atoms with Crippen LogP contribution in [0.3, 0.4) is 0 Å². The van der Waals surface area contributed by atoms with Gasteiger partial charge in [-0.25, -0.2) is 8.42 Å². The van der Waals surface area contributed by atoms with E-state index in [0.717, 1.165) is 25.8 Å². The largest absolute Gasteiger partial charge is 0.315 e. The summed E-state index contributed by atoms with van der Waals surface area (Å²) in [5.41, 5.74) is 0. The van der Waals surface area contributed by atoms with E-state index < -0.39 is 9.84 Å². The zero-order valence-corrected chi connectivity index (χ0v) is 10.1. The molecule has 0 amide bonds. The first kappa shape index (κ1) is 11.4. The van der Waals surface area contributed by atoms with Gasteiger partial charge in [0, 0.05) is 6.54 Å². The van der Waals surface area contributed by atoms with E-state index in [4.69, 9.17) is 0 Å². The van der Waals surface area contributed by atoms with Crippen LogP contribution in [0.15, 0.2) is 0 Å². The van der Waals surface area contributed by atoms with Crippen LogP contribution in [0, 0.1) is 5.92 Å². The molecule has 1 atom stereocenters. The Morgan fingerprint density at radius 3 is 2.40 bits per heavy atom. The zero-order chi connectivity index (χ0) is 10.7. The fraction of sp³-hybridized carbons (Fsp3) is 1.00. The van der Waals surface area contributed by atoms with Gasteiger partial charge >= 0.3 is 0 Å². The first-order valence-corrected chi connectivity index (χ1v) is 7.82. The van der Waals surface area contributed by atoms with Gasteiger partial charge in [0.25, 0.3) is 0 Å². The van der Waals surface area contributed by atoms with Crippen molar-refractivity contribution in [1.82, 2.24) is 5.32 Å². The van der Waals surface area contributed by atoms with E-state index in [1.807, 2.05) is 0 Å². The lowest BCUT2D eigenvalue weighted by molar-refractivity contribution is 0.384. The zero-order valence-electron chi connectivity index (χ0n) is 9.24. The van der Waals surface area contributed by atoms with E-state index in [0.29, 0.717) is 18.2 Å². The summed E-state index contributed by atoms with van der Waals surface area (Å²) in [6.45, 7) is 1.55. The van der Waals surface area contributed by atoms with Crippen LogP contribution in [0.5, 0.6) is 0 Å². The molecule has 2 aliphatic rings. The highest BCUT2D eigenvalue weighted by Gasteiger charge is 2.31. The van der Waals surface area contributed by atoms with Crippen molar-refractivity contribution in [2.45, 2.75) is 43.8 Å². The molecule has 0 aromatic rings. The highest BCUT2D eigenvalue weighted by Crippen LogP contribution is 2.26. The summed E-state index contributed by atoms with van der Waals surface area (Å²) in [6, 6.07) is 0. The van der Waals surface area contributed by atoms with Gasteiger partial charge in [0.05, 0.1) is 11.0 Å². The summed E-state index contributed by atoms with van der Waals surface area (Å²) >= 11 is 0. The minimum absolute atomic E-state index is 0.0978. The van der Waals surface area contributed by atoms with Crippen LogP contribution in [0.25, 0.3) is 0 Å². The summed E-state index contributed by atoms with van der Waals surface area (Å²) in [5, 5.41) is 3.04. The average molecular weight is 231 g/mol. The Kier molecular flexibility index (Phi) is 3.67. The van der Waals surface area contributed by atoms with E-state index in [9.17, 15) is 8.42 Å². The molecule has 0 spiro atoms. The minimum atomic E-state index is -2.82. The Morgan fingerprint density at radius 1 is 1.07 bits per heavy atom. The number of rotatable bonds is 3. The third-order valence-electron chi connectivity index (χ3n) is 3.72. The molecule has 88 valence electrons. The second-order valence-corrected chi connectivity index (χ2v) is 7.27. The van der Waals surface area contributed by atoms with Crippen molar-refractivity contribution in [3.05, 3.63) is 0 Å². The molecule has 15 heavy (non-hydrogen) atoms. The Hall–Kier alpha value is -0.0900. The molecular weight excluding hydrogens is 210 g/mol. The highest BCUT2D eigenvalue weighted by molar-refractivity contribution is 7.92. The summed E-state index contributed by atoms with van der Waals surface area (Å²) in [6.07, 6.45) is 6.81. The Labute approximate surface area is 92.6 Å². The summed E-state index contributed by atoms with van der Waals surface area (Å²) in [7, 11) is -2.82.